The first-order chi connectivity index (χ1) is 31.5. The quantitative estimate of drug-likeness (QED) is 0.0951. The lowest BCUT2D eigenvalue weighted by Crippen LogP contribution is -2.32. The molecule has 8 nitrogen and oxygen atoms in total. The molecule has 0 radical (unpaired) electrons. The van der Waals surface area contributed by atoms with Crippen LogP contribution in [-0.2, 0) is 26.2 Å². The topological polar surface area (TPSA) is 72.9 Å². The highest BCUT2D eigenvalue weighted by Crippen LogP contribution is 2.37. The molecule has 7 aromatic rings. The van der Waals surface area contributed by atoms with E-state index < -0.39 is 0 Å². The van der Waals surface area contributed by atoms with E-state index in [0.29, 0.717) is 0 Å². The predicted molar refractivity (Wildman–Crippen MR) is 261 cm³/mol. The van der Waals surface area contributed by atoms with Crippen molar-refractivity contribution in [3.63, 3.8) is 0 Å². The number of hydrogen-bond donors (Lipinski definition) is 2. The predicted octanol–water partition coefficient (Wildman–Crippen LogP) is 11.7. The highest BCUT2D eigenvalue weighted by molar-refractivity contribution is 5.99. The zero-order valence-corrected chi connectivity index (χ0v) is 38.0. The maximum absolute atomic E-state index is 5.59. The van der Waals surface area contributed by atoms with Crippen molar-refractivity contribution < 1.29 is 18.3 Å². The number of pyridine rings is 4. The fraction of sp³-hybridized carbons (Fsp3) is 0.286. The average molecular weight is 847 g/mol. The monoisotopic (exact) mass is 847 g/mol. The van der Waals surface area contributed by atoms with Crippen LogP contribution in [0, 0.1) is 0 Å². The summed E-state index contributed by atoms with van der Waals surface area (Å²) in [6, 6.07) is 26.4. The van der Waals surface area contributed by atoms with Gasteiger partial charge in [0.05, 0.1) is 22.8 Å². The van der Waals surface area contributed by atoms with E-state index in [1.165, 1.54) is 0 Å². The van der Waals surface area contributed by atoms with Gasteiger partial charge in [0.25, 0.3) is 0 Å². The Morgan fingerprint density at radius 2 is 0.609 bits per heavy atom. The van der Waals surface area contributed by atoms with Gasteiger partial charge >= 0.3 is 0 Å². The minimum absolute atomic E-state index is 0.920. The summed E-state index contributed by atoms with van der Waals surface area (Å²) < 4.78 is 9.25. The molecule has 2 aliphatic heterocycles. The lowest BCUT2D eigenvalue weighted by molar-refractivity contribution is -0.697. The molecule has 7 aromatic heterocycles. The highest BCUT2D eigenvalue weighted by Gasteiger charge is 2.22. The van der Waals surface area contributed by atoms with Gasteiger partial charge in [-0.1, -0.05) is 53.4 Å². The van der Waals surface area contributed by atoms with Crippen molar-refractivity contribution in [2.75, 3.05) is 0 Å². The summed E-state index contributed by atoms with van der Waals surface area (Å²) in [5.74, 6) is 0. The van der Waals surface area contributed by atoms with Gasteiger partial charge in [0, 0.05) is 117 Å². The van der Waals surface area contributed by atoms with Crippen LogP contribution in [0.5, 0.6) is 0 Å². The smallest absolute Gasteiger partial charge is 0.176 e. The number of fused-ring (bicyclic) bond motifs is 8. The Hall–Kier alpha value is -6.80. The molecule has 9 heterocycles. The van der Waals surface area contributed by atoms with Crippen LogP contribution >= 0.6 is 0 Å². The third kappa shape index (κ3) is 9.14. The van der Waals surface area contributed by atoms with E-state index in [2.05, 4.69) is 203 Å². The van der Waals surface area contributed by atoms with Gasteiger partial charge in [-0.3, -0.25) is 0 Å². The van der Waals surface area contributed by atoms with E-state index in [9.17, 15) is 0 Å². The largest absolute Gasteiger partial charge is 0.354 e. The summed E-state index contributed by atoms with van der Waals surface area (Å²) in [6.07, 6.45) is 35.6. The van der Waals surface area contributed by atoms with E-state index in [1.807, 2.05) is 0 Å². The fourth-order valence-electron chi connectivity index (χ4n) is 9.02. The highest BCUT2D eigenvalue weighted by atomic mass is 14.9. The van der Waals surface area contributed by atoms with Crippen molar-refractivity contribution in [2.24, 2.45) is 0 Å². The third-order valence-electron chi connectivity index (χ3n) is 12.4. The minimum Gasteiger partial charge on any atom is -0.354 e. The molecule has 0 saturated carbocycles. The van der Waals surface area contributed by atoms with Crippen molar-refractivity contribution >= 4 is 46.4 Å². The van der Waals surface area contributed by atoms with E-state index in [1.54, 1.807) is 0 Å². The molecule has 0 aliphatic carbocycles. The summed E-state index contributed by atoms with van der Waals surface area (Å²) in [5, 5.41) is 0. The lowest BCUT2D eigenvalue weighted by atomic mass is 10.1. The Labute approximate surface area is 378 Å². The Kier molecular flexibility index (Phi) is 13.1. The number of hydrogen-bond acceptors (Lipinski definition) is 2. The van der Waals surface area contributed by atoms with Gasteiger partial charge in [-0.25, -0.2) is 28.2 Å². The van der Waals surface area contributed by atoms with Crippen molar-refractivity contribution in [1.29, 1.82) is 0 Å². The molecule has 0 fully saturated rings. The van der Waals surface area contributed by atoms with Gasteiger partial charge in [-0.05, 0) is 72.8 Å². The molecular formula is C56H62N8+4. The first-order valence-electron chi connectivity index (χ1n) is 23.7. The van der Waals surface area contributed by atoms with E-state index >= 15 is 0 Å². The molecule has 0 saturated heterocycles. The van der Waals surface area contributed by atoms with E-state index in [-0.39, 0.29) is 0 Å². The SMILES string of the molecule is CCCC[n+]1cccc(-c2c3nc(c(-c4ccc[n+](CCCC)c4)c4ccc([nH]4)c(-c4ccc[n+](CCCC)c4)c4nc(c(-c5ccc[n+](CCCC)c5)c5ccc2[nH]5)C=C4)C=C3)c1. The number of aryl methyl sites for hydroxylation is 4. The standard InChI is InChI=1S/C56H62N8/c1-5-9-29-61-33-13-17-41(37-61)53-45-21-23-47(57-45)54(42-18-14-34-62(38-42)30-10-6-2)49-25-27-51(59-49)56(44-20-16-36-64(40-44)32-12-8-4)52-28-26-50(60-52)55(48-24-22-46(53)58-48)43-19-15-35-63(39-43)31-11-7-3/h13-28,33-40,57,60H,5-12,29-32H2,1-4H3/q+4. The van der Waals surface area contributed by atoms with Gasteiger partial charge in [0.15, 0.2) is 49.6 Å². The van der Waals surface area contributed by atoms with Crippen molar-refractivity contribution in [1.82, 2.24) is 19.9 Å². The van der Waals surface area contributed by atoms with Gasteiger partial charge < -0.3 is 9.97 Å². The van der Waals surface area contributed by atoms with Crippen LogP contribution in [0.4, 0.5) is 0 Å². The molecule has 0 unspecified atom stereocenters. The Bertz CT molecular complexity index is 2620. The van der Waals surface area contributed by atoms with Crippen LogP contribution in [0.2, 0.25) is 0 Å². The second kappa shape index (κ2) is 19.7. The zero-order chi connectivity index (χ0) is 43.8. The normalized spacial score (nSPS) is 12.1. The molecule has 8 bridgehead atoms. The minimum atomic E-state index is 0.920. The average Bonchev–Trinajstić information content (AvgIpc) is 4.18. The molecule has 0 amide bonds. The van der Waals surface area contributed by atoms with Crippen LogP contribution in [0.25, 0.3) is 90.9 Å². The van der Waals surface area contributed by atoms with Crippen LogP contribution < -0.4 is 18.3 Å². The van der Waals surface area contributed by atoms with E-state index in [4.69, 9.17) is 9.97 Å². The molecule has 0 atom stereocenters. The van der Waals surface area contributed by atoms with Gasteiger partial charge in [-0.15, -0.1) is 0 Å². The number of aromatic amines is 2. The Balaban J connectivity index is 1.41. The second-order valence-electron chi connectivity index (χ2n) is 17.2. The number of H-pyrrole nitrogens is 2. The molecule has 0 aromatic carbocycles. The van der Waals surface area contributed by atoms with Crippen molar-refractivity contribution in [3.8, 4) is 44.5 Å². The maximum Gasteiger partial charge on any atom is 0.176 e. The number of rotatable bonds is 16. The number of unbranched alkanes of at least 4 members (excludes halogenated alkanes) is 4. The van der Waals surface area contributed by atoms with Crippen LogP contribution in [0.1, 0.15) is 102 Å². The molecule has 2 N–H and O–H groups in total. The van der Waals surface area contributed by atoms with Gasteiger partial charge in [0.2, 0.25) is 0 Å². The van der Waals surface area contributed by atoms with Crippen molar-refractivity contribution in [3.05, 3.63) is 145 Å². The molecular weight excluding hydrogens is 785 g/mol. The molecule has 9 rings (SSSR count). The van der Waals surface area contributed by atoms with Crippen LogP contribution in [0.3, 0.4) is 0 Å². The van der Waals surface area contributed by atoms with Crippen LogP contribution in [0.15, 0.2) is 122 Å². The summed E-state index contributed by atoms with van der Waals surface area (Å²) in [4.78, 5) is 19.1. The fourth-order valence-corrected chi connectivity index (χ4v) is 9.02. The first kappa shape index (κ1) is 42.5. The van der Waals surface area contributed by atoms with Gasteiger partial charge in [-0.2, -0.15) is 0 Å². The Morgan fingerprint density at radius 1 is 0.359 bits per heavy atom. The lowest BCUT2D eigenvalue weighted by Gasteiger charge is -2.06. The molecule has 322 valence electrons. The maximum atomic E-state index is 5.59. The summed E-state index contributed by atoms with van der Waals surface area (Å²) in [5.41, 5.74) is 16.4. The molecule has 8 heteroatoms. The van der Waals surface area contributed by atoms with Gasteiger partial charge in [0.1, 0.15) is 26.2 Å². The molecule has 2 aliphatic rings. The van der Waals surface area contributed by atoms with Crippen LogP contribution in [-0.4, -0.2) is 19.9 Å². The molecule has 64 heavy (non-hydrogen) atoms. The third-order valence-corrected chi connectivity index (χ3v) is 12.4. The summed E-state index contributed by atoms with van der Waals surface area (Å²) in [6.45, 7) is 12.8. The second-order valence-corrected chi connectivity index (χ2v) is 17.2. The molecule has 0 spiro atoms. The first-order valence-corrected chi connectivity index (χ1v) is 23.7. The summed E-state index contributed by atoms with van der Waals surface area (Å²) >= 11 is 0. The number of nitrogens with zero attached hydrogens (tertiary/aromatic N) is 6. The summed E-state index contributed by atoms with van der Waals surface area (Å²) in [7, 11) is 0. The van der Waals surface area contributed by atoms with Crippen molar-refractivity contribution in [2.45, 2.75) is 105 Å². The zero-order valence-electron chi connectivity index (χ0n) is 38.0. The number of nitrogens with one attached hydrogen (secondary N) is 2. The Morgan fingerprint density at radius 3 is 0.844 bits per heavy atom. The van der Waals surface area contributed by atoms with E-state index in [0.717, 1.165) is 167 Å². The number of aromatic nitrogens is 8.